The van der Waals surface area contributed by atoms with Gasteiger partial charge in [0.05, 0.1) is 6.10 Å². The molecule has 15 heavy (non-hydrogen) atoms. The Bertz CT molecular complexity index is 222. The summed E-state index contributed by atoms with van der Waals surface area (Å²) >= 11 is 1.44. The van der Waals surface area contributed by atoms with E-state index in [2.05, 4.69) is 5.32 Å². The molecule has 2 N–H and O–H groups in total. The molecule has 5 nitrogen and oxygen atoms in total. The van der Waals surface area contributed by atoms with Crippen LogP contribution in [0.2, 0.25) is 0 Å². The molecule has 0 aromatic heterocycles. The second-order valence-corrected chi connectivity index (χ2v) is 4.25. The van der Waals surface area contributed by atoms with Gasteiger partial charge < -0.3 is 15.2 Å². The third kappa shape index (κ3) is 7.21. The highest BCUT2D eigenvalue weighted by Gasteiger charge is 2.18. The molecule has 6 heteroatoms. The number of carbonyl (C=O) groups excluding carboxylic acids is 1. The minimum absolute atomic E-state index is 0.0850. The number of carbonyl (C=O) groups is 2. The Kier molecular flexibility index (Phi) is 7.15. The molecular weight excluding hydrogens is 218 g/mol. The summed E-state index contributed by atoms with van der Waals surface area (Å²) in [5.74, 6) is -0.284. The summed E-state index contributed by atoms with van der Waals surface area (Å²) < 4.78 is 5.02. The molecule has 0 aliphatic carbocycles. The van der Waals surface area contributed by atoms with E-state index in [1.54, 1.807) is 7.11 Å². The van der Waals surface area contributed by atoms with E-state index in [1.165, 1.54) is 18.7 Å². The fraction of sp³-hybridized carbons (Fsp3) is 0.778. The average molecular weight is 235 g/mol. The van der Waals surface area contributed by atoms with Gasteiger partial charge in [-0.25, -0.2) is 4.79 Å². The Balaban J connectivity index is 3.86. The maximum Gasteiger partial charge on any atom is 0.327 e. The average Bonchev–Trinajstić information content (AvgIpc) is 2.15. The molecule has 0 aliphatic rings. The molecule has 1 amide bonds. The highest BCUT2D eigenvalue weighted by Crippen LogP contribution is 2.07. The van der Waals surface area contributed by atoms with Crippen LogP contribution >= 0.6 is 11.8 Å². The summed E-state index contributed by atoms with van der Waals surface area (Å²) in [7, 11) is 1.60. The van der Waals surface area contributed by atoms with Gasteiger partial charge in [0.1, 0.15) is 6.04 Å². The molecule has 2 unspecified atom stereocenters. The van der Waals surface area contributed by atoms with Gasteiger partial charge in [0.15, 0.2) is 0 Å². The number of hydrogen-bond acceptors (Lipinski definition) is 4. The van der Waals surface area contributed by atoms with E-state index in [9.17, 15) is 9.59 Å². The first-order chi connectivity index (χ1) is 6.97. The van der Waals surface area contributed by atoms with Crippen molar-refractivity contribution in [1.82, 2.24) is 5.32 Å². The Hall–Kier alpha value is -0.750. The van der Waals surface area contributed by atoms with Crippen LogP contribution in [0.3, 0.4) is 0 Å². The predicted molar refractivity (Wildman–Crippen MR) is 59.0 cm³/mol. The standard InChI is InChI=1S/C9H17NO4S/c1-6(14-3)4-15-5-8(9(12)13)10-7(2)11/h6,8H,4-5H2,1-3H3,(H,10,11)(H,12,13). The van der Waals surface area contributed by atoms with E-state index in [4.69, 9.17) is 9.84 Å². The molecule has 0 aromatic carbocycles. The number of amides is 1. The van der Waals surface area contributed by atoms with Crippen molar-refractivity contribution in [2.75, 3.05) is 18.6 Å². The fourth-order valence-corrected chi connectivity index (χ4v) is 1.91. The van der Waals surface area contributed by atoms with Crippen molar-refractivity contribution in [2.45, 2.75) is 26.0 Å². The Morgan fingerprint density at radius 1 is 1.47 bits per heavy atom. The van der Waals surface area contributed by atoms with Gasteiger partial charge in [-0.15, -0.1) is 0 Å². The van der Waals surface area contributed by atoms with Crippen LogP contribution in [0.4, 0.5) is 0 Å². The predicted octanol–water partition coefficient (Wildman–Crippen LogP) is 0.344. The number of thioether (sulfide) groups is 1. The molecule has 0 fully saturated rings. The summed E-state index contributed by atoms with van der Waals surface area (Å²) in [5.41, 5.74) is 0. The van der Waals surface area contributed by atoms with Crippen molar-refractivity contribution < 1.29 is 19.4 Å². The van der Waals surface area contributed by atoms with E-state index in [1.807, 2.05) is 6.92 Å². The summed E-state index contributed by atoms with van der Waals surface area (Å²) in [6, 6.07) is -0.823. The lowest BCUT2D eigenvalue weighted by atomic mass is 10.3. The quantitative estimate of drug-likeness (QED) is 0.665. The van der Waals surface area contributed by atoms with Crippen LogP contribution in [-0.2, 0) is 14.3 Å². The molecule has 0 aromatic rings. The number of carboxylic acids is 1. The van der Waals surface area contributed by atoms with Crippen molar-refractivity contribution in [2.24, 2.45) is 0 Å². The summed E-state index contributed by atoms with van der Waals surface area (Å²) in [4.78, 5) is 21.4. The number of methoxy groups -OCH3 is 1. The van der Waals surface area contributed by atoms with Crippen LogP contribution in [0.1, 0.15) is 13.8 Å². The van der Waals surface area contributed by atoms with Gasteiger partial charge in [-0.2, -0.15) is 11.8 Å². The van der Waals surface area contributed by atoms with Crippen LogP contribution in [0.5, 0.6) is 0 Å². The zero-order valence-corrected chi connectivity index (χ0v) is 9.97. The van der Waals surface area contributed by atoms with Gasteiger partial charge in [0.25, 0.3) is 0 Å². The normalized spacial score (nSPS) is 14.3. The molecule has 0 spiro atoms. The Morgan fingerprint density at radius 3 is 2.47 bits per heavy atom. The van der Waals surface area contributed by atoms with E-state index in [-0.39, 0.29) is 12.0 Å². The molecule has 0 bridgehead atoms. The van der Waals surface area contributed by atoms with Crippen molar-refractivity contribution in [3.05, 3.63) is 0 Å². The molecule has 88 valence electrons. The number of nitrogens with one attached hydrogen (secondary N) is 1. The zero-order chi connectivity index (χ0) is 11.8. The lowest BCUT2D eigenvalue weighted by Gasteiger charge is -2.14. The molecule has 0 rings (SSSR count). The Labute approximate surface area is 93.6 Å². The fourth-order valence-electron chi connectivity index (χ4n) is 0.840. The summed E-state index contributed by atoms with van der Waals surface area (Å²) in [6.07, 6.45) is 0.0850. The summed E-state index contributed by atoms with van der Waals surface area (Å²) in [6.45, 7) is 3.21. The zero-order valence-electron chi connectivity index (χ0n) is 9.15. The first-order valence-electron chi connectivity index (χ1n) is 4.57. The minimum Gasteiger partial charge on any atom is -0.480 e. The maximum absolute atomic E-state index is 10.7. The molecule has 2 atom stereocenters. The number of ether oxygens (including phenoxy) is 1. The van der Waals surface area contributed by atoms with Gasteiger partial charge in [-0.3, -0.25) is 4.79 Å². The first kappa shape index (κ1) is 14.2. The number of rotatable bonds is 7. The molecule has 0 aliphatic heterocycles. The third-order valence-corrected chi connectivity index (χ3v) is 2.99. The molecule has 0 heterocycles. The lowest BCUT2D eigenvalue weighted by molar-refractivity contribution is -0.140. The van der Waals surface area contributed by atoms with E-state index >= 15 is 0 Å². The van der Waals surface area contributed by atoms with E-state index in [0.29, 0.717) is 11.5 Å². The van der Waals surface area contributed by atoms with Gasteiger partial charge in [0.2, 0.25) is 5.91 Å². The smallest absolute Gasteiger partial charge is 0.327 e. The highest BCUT2D eigenvalue weighted by molar-refractivity contribution is 7.99. The second kappa shape index (κ2) is 7.53. The van der Waals surface area contributed by atoms with Gasteiger partial charge in [-0.05, 0) is 6.92 Å². The van der Waals surface area contributed by atoms with Crippen LogP contribution in [0, 0.1) is 0 Å². The second-order valence-electron chi connectivity index (χ2n) is 3.18. The van der Waals surface area contributed by atoms with E-state index in [0.717, 1.165) is 0 Å². The highest BCUT2D eigenvalue weighted by atomic mass is 32.2. The van der Waals surface area contributed by atoms with Crippen LogP contribution < -0.4 is 5.32 Å². The van der Waals surface area contributed by atoms with E-state index < -0.39 is 12.0 Å². The van der Waals surface area contributed by atoms with Crippen LogP contribution in [0.15, 0.2) is 0 Å². The lowest BCUT2D eigenvalue weighted by Crippen LogP contribution is -2.41. The molecule has 0 saturated heterocycles. The van der Waals surface area contributed by atoms with Gasteiger partial charge >= 0.3 is 5.97 Å². The monoisotopic (exact) mass is 235 g/mol. The molecule has 0 radical (unpaired) electrons. The Morgan fingerprint density at radius 2 is 2.07 bits per heavy atom. The van der Waals surface area contributed by atoms with Crippen LogP contribution in [0.25, 0.3) is 0 Å². The topological polar surface area (TPSA) is 75.6 Å². The third-order valence-electron chi connectivity index (χ3n) is 1.72. The number of carboxylic acid groups (broad SMARTS) is 1. The van der Waals surface area contributed by atoms with Crippen molar-refractivity contribution in [3.63, 3.8) is 0 Å². The van der Waals surface area contributed by atoms with Gasteiger partial charge in [-0.1, -0.05) is 0 Å². The molecule has 0 saturated carbocycles. The maximum atomic E-state index is 10.7. The first-order valence-corrected chi connectivity index (χ1v) is 5.73. The van der Waals surface area contributed by atoms with Crippen molar-refractivity contribution in [3.8, 4) is 0 Å². The van der Waals surface area contributed by atoms with Crippen molar-refractivity contribution in [1.29, 1.82) is 0 Å². The van der Waals surface area contributed by atoms with Crippen molar-refractivity contribution >= 4 is 23.6 Å². The van der Waals surface area contributed by atoms with Gasteiger partial charge in [0, 0.05) is 25.5 Å². The van der Waals surface area contributed by atoms with Crippen LogP contribution in [-0.4, -0.2) is 47.7 Å². The summed E-state index contributed by atoms with van der Waals surface area (Å²) in [5, 5.41) is 11.2. The number of hydrogen-bond donors (Lipinski definition) is 2. The molecular formula is C9H17NO4S. The number of aliphatic carboxylic acids is 1. The largest absolute Gasteiger partial charge is 0.480 e. The SMILES string of the molecule is COC(C)CSCC(NC(C)=O)C(=O)O. The minimum atomic E-state index is -1.01.